The lowest BCUT2D eigenvalue weighted by molar-refractivity contribution is 0.122. The van der Waals surface area contributed by atoms with E-state index in [2.05, 4.69) is 19.6 Å². The van der Waals surface area contributed by atoms with Crippen molar-refractivity contribution >= 4 is 49.7 Å². The molecule has 1 atom stereocenters. The van der Waals surface area contributed by atoms with Crippen LogP contribution in [0.15, 0.2) is 42.8 Å². The van der Waals surface area contributed by atoms with Crippen LogP contribution in [0, 0.1) is 0 Å². The number of benzene rings is 1. The molecule has 2 aliphatic heterocycles. The first-order chi connectivity index (χ1) is 16.4. The summed E-state index contributed by atoms with van der Waals surface area (Å²) in [7, 11) is -3.74. The molecule has 34 heavy (non-hydrogen) atoms. The summed E-state index contributed by atoms with van der Waals surface area (Å²) in [4.78, 5) is 16.1. The molecule has 0 amide bonds. The van der Waals surface area contributed by atoms with Crippen molar-refractivity contribution in [2.75, 3.05) is 48.3 Å². The number of morpholine rings is 1. The molecule has 10 nitrogen and oxygen atoms in total. The number of nitrogens with two attached hydrogens (primary N) is 1. The van der Waals surface area contributed by atoms with Crippen molar-refractivity contribution in [3.63, 3.8) is 0 Å². The minimum atomic E-state index is -3.74. The van der Waals surface area contributed by atoms with Crippen LogP contribution in [0.3, 0.4) is 0 Å². The highest BCUT2D eigenvalue weighted by atomic mass is 35.5. The largest absolute Gasteiger partial charge is 0.500 e. The SMILES string of the molecule is Nc1nccc(-c2sc(N3CCOCC3)nc2-c2cccc(NS(=O)(=O)C3C=COC3)c2Cl)n1. The summed E-state index contributed by atoms with van der Waals surface area (Å²) >= 11 is 8.20. The fourth-order valence-corrected chi connectivity index (χ4v) is 6.20. The molecule has 1 fully saturated rings. The van der Waals surface area contributed by atoms with Gasteiger partial charge in [-0.1, -0.05) is 35.1 Å². The molecule has 0 bridgehead atoms. The van der Waals surface area contributed by atoms with Crippen LogP contribution in [0.5, 0.6) is 0 Å². The van der Waals surface area contributed by atoms with Crippen LogP contribution < -0.4 is 15.4 Å². The lowest BCUT2D eigenvalue weighted by Gasteiger charge is -2.26. The molecule has 2 aliphatic rings. The van der Waals surface area contributed by atoms with Crippen LogP contribution >= 0.6 is 22.9 Å². The number of aromatic nitrogens is 3. The lowest BCUT2D eigenvalue weighted by atomic mass is 10.1. The van der Waals surface area contributed by atoms with Gasteiger partial charge in [0.1, 0.15) is 11.9 Å². The topological polar surface area (TPSA) is 133 Å². The second kappa shape index (κ2) is 9.37. The predicted molar refractivity (Wildman–Crippen MR) is 132 cm³/mol. The highest BCUT2D eigenvalue weighted by Crippen LogP contribution is 2.44. The molecular formula is C21H21ClN6O4S2. The van der Waals surface area contributed by atoms with Gasteiger partial charge in [-0.05, 0) is 18.2 Å². The molecule has 178 valence electrons. The number of rotatable bonds is 6. The Labute approximate surface area is 205 Å². The number of thiazole rings is 1. The molecule has 1 unspecified atom stereocenters. The Morgan fingerprint density at radius 2 is 2.03 bits per heavy atom. The maximum absolute atomic E-state index is 12.8. The van der Waals surface area contributed by atoms with Crippen molar-refractivity contribution in [1.82, 2.24) is 15.0 Å². The van der Waals surface area contributed by atoms with E-state index >= 15 is 0 Å². The van der Waals surface area contributed by atoms with Gasteiger partial charge in [-0.3, -0.25) is 4.72 Å². The lowest BCUT2D eigenvalue weighted by Crippen LogP contribution is -2.36. The van der Waals surface area contributed by atoms with E-state index in [1.807, 2.05) is 0 Å². The Morgan fingerprint density at radius 1 is 1.21 bits per heavy atom. The molecule has 5 rings (SSSR count). The first-order valence-electron chi connectivity index (χ1n) is 10.4. The van der Waals surface area contributed by atoms with Crippen molar-refractivity contribution in [3.05, 3.63) is 47.8 Å². The van der Waals surface area contributed by atoms with E-state index in [1.54, 1.807) is 30.5 Å². The van der Waals surface area contributed by atoms with Crippen molar-refractivity contribution in [1.29, 1.82) is 0 Å². The second-order valence-corrected chi connectivity index (χ2v) is 10.8. The third-order valence-electron chi connectivity index (χ3n) is 5.36. The van der Waals surface area contributed by atoms with Gasteiger partial charge >= 0.3 is 0 Å². The molecule has 1 aromatic carbocycles. The number of nitrogens with one attached hydrogen (secondary N) is 1. The summed E-state index contributed by atoms with van der Waals surface area (Å²) in [6, 6.07) is 6.89. The number of nitrogens with zero attached hydrogens (tertiary/aromatic N) is 4. The van der Waals surface area contributed by atoms with Gasteiger partial charge in [-0.25, -0.2) is 23.4 Å². The molecule has 4 heterocycles. The van der Waals surface area contributed by atoms with Gasteiger partial charge in [0.25, 0.3) is 0 Å². The third-order valence-corrected chi connectivity index (χ3v) is 8.50. The maximum Gasteiger partial charge on any atom is 0.242 e. The van der Waals surface area contributed by atoms with E-state index in [-0.39, 0.29) is 23.3 Å². The molecule has 0 spiro atoms. The van der Waals surface area contributed by atoms with Crippen LogP contribution in [0.25, 0.3) is 21.8 Å². The van der Waals surface area contributed by atoms with E-state index in [1.165, 1.54) is 23.7 Å². The second-order valence-electron chi connectivity index (χ2n) is 7.59. The van der Waals surface area contributed by atoms with Crippen molar-refractivity contribution in [3.8, 4) is 21.8 Å². The Morgan fingerprint density at radius 3 is 2.76 bits per heavy atom. The quantitative estimate of drug-likeness (QED) is 0.503. The zero-order valence-corrected chi connectivity index (χ0v) is 20.2. The zero-order chi connectivity index (χ0) is 23.7. The summed E-state index contributed by atoms with van der Waals surface area (Å²) < 4.78 is 38.7. The Bertz CT molecular complexity index is 1340. The van der Waals surface area contributed by atoms with Gasteiger partial charge in [0.15, 0.2) is 5.13 Å². The predicted octanol–water partition coefficient (Wildman–Crippen LogP) is 2.99. The van der Waals surface area contributed by atoms with Crippen molar-refractivity contribution in [2.24, 2.45) is 0 Å². The fourth-order valence-electron chi connectivity index (χ4n) is 3.62. The highest BCUT2D eigenvalue weighted by Gasteiger charge is 2.28. The summed E-state index contributed by atoms with van der Waals surface area (Å²) in [5.41, 5.74) is 7.85. The van der Waals surface area contributed by atoms with Crippen LogP contribution in [0.4, 0.5) is 16.8 Å². The van der Waals surface area contributed by atoms with Crippen LogP contribution in [-0.2, 0) is 19.5 Å². The number of anilines is 3. The maximum atomic E-state index is 12.8. The smallest absolute Gasteiger partial charge is 0.242 e. The Kier molecular flexibility index (Phi) is 6.30. The molecule has 3 aromatic rings. The minimum absolute atomic E-state index is 0.0565. The number of sulfonamides is 1. The normalized spacial score (nSPS) is 18.1. The fraction of sp³-hybridized carbons (Fsp3) is 0.286. The summed E-state index contributed by atoms with van der Waals surface area (Å²) in [5, 5.41) is 0.232. The Balaban J connectivity index is 1.58. The van der Waals surface area contributed by atoms with Crippen LogP contribution in [0.1, 0.15) is 0 Å². The van der Waals surface area contributed by atoms with Gasteiger partial charge in [-0.15, -0.1) is 0 Å². The standard InChI is InChI=1S/C21H21ClN6O4S2/c22-17-14(2-1-3-15(17)27-34(29,30)13-5-9-32-12-13)18-19(16-4-6-24-20(23)25-16)33-21(26-18)28-7-10-31-11-8-28/h1-6,9,13,27H,7-8,10-12H2,(H2,23,24,25). The molecule has 0 saturated carbocycles. The molecular weight excluding hydrogens is 500 g/mol. The van der Waals surface area contributed by atoms with E-state index < -0.39 is 15.3 Å². The van der Waals surface area contributed by atoms with E-state index in [0.717, 1.165) is 10.0 Å². The van der Waals surface area contributed by atoms with Gasteiger partial charge in [0.2, 0.25) is 16.0 Å². The number of halogens is 1. The molecule has 0 radical (unpaired) electrons. The Hall–Kier alpha value is -2.93. The van der Waals surface area contributed by atoms with E-state index in [0.29, 0.717) is 43.3 Å². The zero-order valence-electron chi connectivity index (χ0n) is 17.8. The molecule has 1 saturated heterocycles. The number of hydrogen-bond acceptors (Lipinski definition) is 10. The highest BCUT2D eigenvalue weighted by molar-refractivity contribution is 7.93. The summed E-state index contributed by atoms with van der Waals surface area (Å²) in [5.74, 6) is 0.143. The number of hydrogen-bond donors (Lipinski definition) is 2. The van der Waals surface area contributed by atoms with Crippen molar-refractivity contribution < 1.29 is 17.9 Å². The van der Waals surface area contributed by atoms with Crippen LogP contribution in [0.2, 0.25) is 5.02 Å². The first-order valence-corrected chi connectivity index (χ1v) is 13.2. The molecule has 2 aromatic heterocycles. The monoisotopic (exact) mass is 520 g/mol. The average molecular weight is 521 g/mol. The molecule has 0 aliphatic carbocycles. The van der Waals surface area contributed by atoms with E-state index in [4.69, 9.17) is 31.8 Å². The van der Waals surface area contributed by atoms with Crippen LogP contribution in [-0.4, -0.2) is 61.5 Å². The van der Waals surface area contributed by atoms with Gasteiger partial charge in [-0.2, -0.15) is 0 Å². The average Bonchev–Trinajstić information content (AvgIpc) is 3.52. The van der Waals surface area contributed by atoms with Gasteiger partial charge in [0.05, 0.1) is 46.5 Å². The molecule has 13 heteroatoms. The van der Waals surface area contributed by atoms with Gasteiger partial charge < -0.3 is 20.1 Å². The minimum Gasteiger partial charge on any atom is -0.500 e. The number of nitrogen functional groups attached to an aromatic ring is 1. The first kappa shape index (κ1) is 22.8. The number of ether oxygens (including phenoxy) is 2. The van der Waals surface area contributed by atoms with Gasteiger partial charge in [0, 0.05) is 24.8 Å². The molecule has 3 N–H and O–H groups in total. The van der Waals surface area contributed by atoms with Crippen molar-refractivity contribution in [2.45, 2.75) is 5.25 Å². The summed E-state index contributed by atoms with van der Waals surface area (Å²) in [6.07, 6.45) is 4.45. The summed E-state index contributed by atoms with van der Waals surface area (Å²) in [6.45, 7) is 2.71. The third kappa shape index (κ3) is 4.53. The van der Waals surface area contributed by atoms with E-state index in [9.17, 15) is 8.42 Å².